The predicted molar refractivity (Wildman–Crippen MR) is 119 cm³/mol. The molecule has 0 radical (unpaired) electrons. The predicted octanol–water partition coefficient (Wildman–Crippen LogP) is 7.53. The van der Waals surface area contributed by atoms with Gasteiger partial charge in [0.05, 0.1) is 6.10 Å². The molecule has 0 aromatic carbocycles. The van der Waals surface area contributed by atoms with Crippen molar-refractivity contribution in [3.05, 3.63) is 11.1 Å². The smallest absolute Gasteiger partial charge is 0.0543 e. The van der Waals surface area contributed by atoms with Crippen molar-refractivity contribution in [3.8, 4) is 0 Å². The number of aliphatic hydroxyl groups is 1. The van der Waals surface area contributed by atoms with Crippen molar-refractivity contribution in [1.29, 1.82) is 0 Å². The number of fused-ring (bicyclic) bond motifs is 4. The van der Waals surface area contributed by atoms with Gasteiger partial charge in [-0.3, -0.25) is 0 Å². The average molecular weight is 387 g/mol. The van der Waals surface area contributed by atoms with Crippen LogP contribution in [0.5, 0.6) is 0 Å². The lowest BCUT2D eigenvalue weighted by molar-refractivity contribution is -0.0381. The first-order chi connectivity index (χ1) is 13.3. The van der Waals surface area contributed by atoms with Crippen molar-refractivity contribution in [3.63, 3.8) is 0 Å². The standard InChI is InChI=1S/C27H46O/c1-18(2)7-6-8-19(3)23-11-12-24-22-10-9-20-17-21(28)13-15-26(20,4)25(22)14-16-27(23,24)5/h18-21,23,25,28H,6-17H2,1-5H3/t19?,20?,21-,23+,25-,26-,27+/m0/s1. The highest BCUT2D eigenvalue weighted by Gasteiger charge is 2.55. The lowest BCUT2D eigenvalue weighted by atomic mass is 9.49. The summed E-state index contributed by atoms with van der Waals surface area (Å²) in [5.41, 5.74) is 4.82. The van der Waals surface area contributed by atoms with Crippen LogP contribution in [0.3, 0.4) is 0 Å². The molecule has 4 rings (SSSR count). The van der Waals surface area contributed by atoms with E-state index in [4.69, 9.17) is 0 Å². The number of rotatable bonds is 5. The number of hydrogen-bond donors (Lipinski definition) is 1. The highest BCUT2D eigenvalue weighted by molar-refractivity contribution is 5.34. The maximum Gasteiger partial charge on any atom is 0.0543 e. The number of allylic oxidation sites excluding steroid dienone is 2. The quantitative estimate of drug-likeness (QED) is 0.484. The molecule has 4 aliphatic carbocycles. The van der Waals surface area contributed by atoms with Gasteiger partial charge < -0.3 is 5.11 Å². The fourth-order valence-electron chi connectivity index (χ4n) is 8.47. The largest absolute Gasteiger partial charge is 0.393 e. The van der Waals surface area contributed by atoms with Crippen LogP contribution in [0.4, 0.5) is 0 Å². The van der Waals surface area contributed by atoms with E-state index < -0.39 is 0 Å². The second kappa shape index (κ2) is 7.75. The summed E-state index contributed by atoms with van der Waals surface area (Å²) in [4.78, 5) is 0. The first-order valence-electron chi connectivity index (χ1n) is 12.7. The van der Waals surface area contributed by atoms with Crippen molar-refractivity contribution in [2.45, 2.75) is 118 Å². The van der Waals surface area contributed by atoms with Gasteiger partial charge in [0.15, 0.2) is 0 Å². The molecule has 2 unspecified atom stereocenters. The molecule has 3 saturated carbocycles. The minimum absolute atomic E-state index is 0.0244. The summed E-state index contributed by atoms with van der Waals surface area (Å²) >= 11 is 0. The van der Waals surface area contributed by atoms with E-state index in [2.05, 4.69) is 34.6 Å². The Morgan fingerprint density at radius 2 is 1.75 bits per heavy atom. The van der Waals surface area contributed by atoms with E-state index >= 15 is 0 Å². The Morgan fingerprint density at radius 1 is 0.964 bits per heavy atom. The SMILES string of the molecule is CC(C)CCCC(C)[C@H]1CCC2=C3CCC4C[C@@H](O)CC[C@]4(C)[C@H]3CC[C@@]21C. The van der Waals surface area contributed by atoms with E-state index in [-0.39, 0.29) is 6.10 Å². The van der Waals surface area contributed by atoms with Crippen LogP contribution in [0.15, 0.2) is 11.1 Å². The molecule has 0 aromatic heterocycles. The lowest BCUT2D eigenvalue weighted by Crippen LogP contribution is -2.48. The summed E-state index contributed by atoms with van der Waals surface area (Å²) in [6, 6.07) is 0. The molecule has 0 aliphatic heterocycles. The van der Waals surface area contributed by atoms with Crippen LogP contribution >= 0.6 is 0 Å². The van der Waals surface area contributed by atoms with Gasteiger partial charge in [-0.15, -0.1) is 0 Å². The zero-order valence-corrected chi connectivity index (χ0v) is 19.4. The van der Waals surface area contributed by atoms with Crippen LogP contribution in [0.25, 0.3) is 0 Å². The van der Waals surface area contributed by atoms with Crippen LogP contribution in [0.2, 0.25) is 0 Å². The van der Waals surface area contributed by atoms with Gasteiger partial charge in [-0.05, 0) is 98.2 Å². The Labute approximate surface area is 174 Å². The van der Waals surface area contributed by atoms with Gasteiger partial charge >= 0.3 is 0 Å². The molecule has 0 aromatic rings. The van der Waals surface area contributed by atoms with E-state index in [1.165, 1.54) is 64.2 Å². The Morgan fingerprint density at radius 3 is 2.50 bits per heavy atom. The fourth-order valence-corrected chi connectivity index (χ4v) is 8.47. The van der Waals surface area contributed by atoms with Crippen LogP contribution in [0.1, 0.15) is 112 Å². The normalized spacial score (nSPS) is 44.2. The van der Waals surface area contributed by atoms with Crippen LogP contribution in [-0.4, -0.2) is 11.2 Å². The minimum atomic E-state index is -0.0244. The van der Waals surface area contributed by atoms with Crippen molar-refractivity contribution in [2.24, 2.45) is 40.4 Å². The minimum Gasteiger partial charge on any atom is -0.393 e. The van der Waals surface area contributed by atoms with E-state index in [1.807, 2.05) is 11.1 Å². The molecular weight excluding hydrogens is 340 g/mol. The molecule has 0 heterocycles. The van der Waals surface area contributed by atoms with Gasteiger partial charge in [-0.1, -0.05) is 65.0 Å². The summed E-state index contributed by atoms with van der Waals surface area (Å²) in [6.45, 7) is 12.6. The molecule has 160 valence electrons. The summed E-state index contributed by atoms with van der Waals surface area (Å²) in [5.74, 6) is 4.25. The zero-order chi connectivity index (χ0) is 20.1. The summed E-state index contributed by atoms with van der Waals surface area (Å²) in [7, 11) is 0. The van der Waals surface area contributed by atoms with Gasteiger partial charge in [0.25, 0.3) is 0 Å². The maximum atomic E-state index is 10.2. The van der Waals surface area contributed by atoms with Gasteiger partial charge in [-0.25, -0.2) is 0 Å². The first kappa shape index (κ1) is 21.0. The highest BCUT2D eigenvalue weighted by Crippen LogP contribution is 2.65. The molecule has 0 spiro atoms. The van der Waals surface area contributed by atoms with Crippen LogP contribution < -0.4 is 0 Å². The van der Waals surface area contributed by atoms with Crippen molar-refractivity contribution in [1.82, 2.24) is 0 Å². The number of aliphatic hydroxyl groups excluding tert-OH is 1. The summed E-state index contributed by atoms with van der Waals surface area (Å²) in [6.07, 6.45) is 16.0. The molecular formula is C27H46O. The third-order valence-electron chi connectivity index (χ3n) is 10.2. The third-order valence-corrected chi connectivity index (χ3v) is 10.2. The molecule has 7 atom stereocenters. The van der Waals surface area contributed by atoms with Gasteiger partial charge in [0.1, 0.15) is 0 Å². The maximum absolute atomic E-state index is 10.2. The van der Waals surface area contributed by atoms with Crippen LogP contribution in [-0.2, 0) is 0 Å². The topological polar surface area (TPSA) is 20.2 Å². The Bertz CT molecular complexity index is 603. The second-order valence-corrected chi connectivity index (χ2v) is 12.1. The molecule has 1 nitrogen and oxygen atoms in total. The van der Waals surface area contributed by atoms with Gasteiger partial charge in [0, 0.05) is 0 Å². The fraction of sp³-hybridized carbons (Fsp3) is 0.926. The first-order valence-corrected chi connectivity index (χ1v) is 12.7. The Balaban J connectivity index is 1.53. The molecule has 28 heavy (non-hydrogen) atoms. The summed E-state index contributed by atoms with van der Waals surface area (Å²) < 4.78 is 0. The van der Waals surface area contributed by atoms with E-state index in [0.29, 0.717) is 10.8 Å². The van der Waals surface area contributed by atoms with E-state index in [9.17, 15) is 5.11 Å². The average Bonchev–Trinajstić information content (AvgIpc) is 2.99. The van der Waals surface area contributed by atoms with Gasteiger partial charge in [-0.2, -0.15) is 0 Å². The summed E-state index contributed by atoms with van der Waals surface area (Å²) in [5, 5.41) is 10.2. The Hall–Kier alpha value is -0.300. The third kappa shape index (κ3) is 3.42. The number of hydrogen-bond acceptors (Lipinski definition) is 1. The van der Waals surface area contributed by atoms with Crippen LogP contribution in [0, 0.1) is 40.4 Å². The molecule has 1 heteroatoms. The van der Waals surface area contributed by atoms with E-state index in [0.717, 1.165) is 42.4 Å². The molecule has 1 N–H and O–H groups in total. The second-order valence-electron chi connectivity index (χ2n) is 12.1. The molecule has 0 bridgehead atoms. The monoisotopic (exact) mass is 386 g/mol. The van der Waals surface area contributed by atoms with Crippen molar-refractivity contribution >= 4 is 0 Å². The van der Waals surface area contributed by atoms with Crippen molar-refractivity contribution < 1.29 is 5.11 Å². The molecule has 0 saturated heterocycles. The highest BCUT2D eigenvalue weighted by atomic mass is 16.3. The Kier molecular flexibility index (Phi) is 5.80. The van der Waals surface area contributed by atoms with Gasteiger partial charge in [0.2, 0.25) is 0 Å². The zero-order valence-electron chi connectivity index (χ0n) is 19.4. The molecule has 3 fully saturated rings. The van der Waals surface area contributed by atoms with Crippen molar-refractivity contribution in [2.75, 3.05) is 0 Å². The molecule has 4 aliphatic rings. The van der Waals surface area contributed by atoms with E-state index in [1.54, 1.807) is 0 Å². The molecule has 0 amide bonds. The lowest BCUT2D eigenvalue weighted by Gasteiger charge is -2.56.